The first-order valence-electron chi connectivity index (χ1n) is 7.71. The molecule has 0 aliphatic carbocycles. The van der Waals surface area contributed by atoms with Gasteiger partial charge in [-0.05, 0) is 0 Å². The van der Waals surface area contributed by atoms with Gasteiger partial charge in [0.25, 0.3) is 0 Å². The Morgan fingerprint density at radius 3 is 2.16 bits per heavy atom. The summed E-state index contributed by atoms with van der Waals surface area (Å²) in [7, 11) is 0. The van der Waals surface area contributed by atoms with Crippen LogP contribution in [0.15, 0.2) is 30.3 Å². The fraction of sp³-hybridized carbons (Fsp3) is 0.647. The molecule has 0 heterocycles. The molecule has 0 radical (unpaired) electrons. The minimum absolute atomic E-state index is 0.373. The van der Waals surface area contributed by atoms with Crippen LogP contribution in [0.25, 0.3) is 0 Å². The summed E-state index contributed by atoms with van der Waals surface area (Å²) in [5, 5.41) is 0. The zero-order chi connectivity index (χ0) is 13.9. The van der Waals surface area contributed by atoms with Crippen LogP contribution in [0.2, 0.25) is 4.82 Å². The Morgan fingerprint density at radius 1 is 0.947 bits per heavy atom. The van der Waals surface area contributed by atoms with Crippen LogP contribution >= 0.6 is 0 Å². The maximum absolute atomic E-state index is 12.4. The molecule has 0 spiro atoms. The molecule has 2 atom stereocenters. The molecule has 0 amide bonds. The molecule has 0 N–H and O–H groups in total. The molecule has 0 aliphatic rings. The monoisotopic (exact) mass is 328 g/mol. The molecule has 0 bridgehead atoms. The van der Waals surface area contributed by atoms with Crippen LogP contribution in [0, 0.1) is 0 Å². The van der Waals surface area contributed by atoms with Gasteiger partial charge in [0.1, 0.15) is 0 Å². The van der Waals surface area contributed by atoms with Gasteiger partial charge in [0.05, 0.1) is 0 Å². The molecule has 0 saturated carbocycles. The van der Waals surface area contributed by atoms with Crippen molar-refractivity contribution in [3.63, 3.8) is 0 Å². The van der Waals surface area contributed by atoms with E-state index in [4.69, 9.17) is 0 Å². The van der Waals surface area contributed by atoms with Crippen LogP contribution in [0.3, 0.4) is 0 Å². The van der Waals surface area contributed by atoms with E-state index < -0.39 is 13.8 Å². The second-order valence-corrected chi connectivity index (χ2v) is 9.26. The summed E-state index contributed by atoms with van der Waals surface area (Å²) in [5.41, 5.74) is 0. The molecule has 1 aromatic rings. The summed E-state index contributed by atoms with van der Waals surface area (Å²) in [6.07, 6.45) is 10.5. The Balaban J connectivity index is 2.14. The summed E-state index contributed by atoms with van der Waals surface area (Å²) in [4.78, 5) is 0.373. The topological polar surface area (TPSA) is 17.1 Å². The second kappa shape index (κ2) is 10.3. The van der Waals surface area contributed by atoms with Gasteiger partial charge in [0.15, 0.2) is 0 Å². The van der Waals surface area contributed by atoms with Gasteiger partial charge in [-0.25, -0.2) is 0 Å². The molecule has 0 fully saturated rings. The SMILES string of the molecule is CCCCCCCCCC(C)[Se](=O)c1ccccc1. The van der Waals surface area contributed by atoms with Crippen molar-refractivity contribution in [3.8, 4) is 0 Å². The Morgan fingerprint density at radius 2 is 1.53 bits per heavy atom. The van der Waals surface area contributed by atoms with E-state index >= 15 is 0 Å². The van der Waals surface area contributed by atoms with E-state index in [1.54, 1.807) is 0 Å². The molecule has 1 nitrogen and oxygen atoms in total. The van der Waals surface area contributed by atoms with Crippen LogP contribution in [0.4, 0.5) is 0 Å². The first-order chi connectivity index (χ1) is 9.25. The average molecular weight is 327 g/mol. The molecular weight excluding hydrogens is 299 g/mol. The van der Waals surface area contributed by atoms with E-state index in [-0.39, 0.29) is 0 Å². The van der Waals surface area contributed by atoms with Gasteiger partial charge in [0, 0.05) is 0 Å². The fourth-order valence-corrected chi connectivity index (χ4v) is 4.95. The molecule has 0 saturated heterocycles. The maximum atomic E-state index is 12.4. The third-order valence-corrected chi connectivity index (χ3v) is 7.13. The van der Waals surface area contributed by atoms with E-state index in [1.807, 2.05) is 30.3 Å². The summed E-state index contributed by atoms with van der Waals surface area (Å²) in [6.45, 7) is 4.41. The summed E-state index contributed by atoms with van der Waals surface area (Å²) >= 11 is -1.83. The van der Waals surface area contributed by atoms with Crippen LogP contribution in [-0.2, 0) is 3.83 Å². The number of unbranched alkanes of at least 4 members (excludes halogenated alkanes) is 6. The van der Waals surface area contributed by atoms with Crippen molar-refractivity contribution in [1.82, 2.24) is 0 Å². The van der Waals surface area contributed by atoms with Crippen molar-refractivity contribution in [1.29, 1.82) is 0 Å². The predicted molar refractivity (Wildman–Crippen MR) is 84.6 cm³/mol. The first kappa shape index (κ1) is 16.6. The van der Waals surface area contributed by atoms with Gasteiger partial charge in [-0.2, -0.15) is 0 Å². The molecular formula is C17H28OSe. The molecule has 19 heavy (non-hydrogen) atoms. The Kier molecular flexibility index (Phi) is 9.03. The third kappa shape index (κ3) is 7.03. The normalized spacial score (nSPS) is 14.2. The zero-order valence-electron chi connectivity index (χ0n) is 12.4. The Labute approximate surface area is 122 Å². The molecule has 108 valence electrons. The van der Waals surface area contributed by atoms with E-state index in [1.165, 1.54) is 44.9 Å². The van der Waals surface area contributed by atoms with Crippen molar-refractivity contribution in [2.45, 2.75) is 70.0 Å². The van der Waals surface area contributed by atoms with E-state index in [2.05, 4.69) is 13.8 Å². The van der Waals surface area contributed by atoms with E-state index in [0.29, 0.717) is 4.82 Å². The van der Waals surface area contributed by atoms with E-state index in [9.17, 15) is 3.83 Å². The number of benzene rings is 1. The van der Waals surface area contributed by atoms with Gasteiger partial charge in [-0.15, -0.1) is 0 Å². The van der Waals surface area contributed by atoms with Crippen LogP contribution in [0.1, 0.15) is 65.2 Å². The first-order valence-corrected chi connectivity index (χ1v) is 10.3. The molecule has 2 unspecified atom stereocenters. The molecule has 0 aromatic heterocycles. The minimum atomic E-state index is -1.83. The van der Waals surface area contributed by atoms with Gasteiger partial charge in [0.2, 0.25) is 0 Å². The van der Waals surface area contributed by atoms with Crippen molar-refractivity contribution < 1.29 is 3.83 Å². The van der Waals surface area contributed by atoms with Crippen molar-refractivity contribution >= 4 is 18.3 Å². The van der Waals surface area contributed by atoms with Gasteiger partial charge in [-0.1, -0.05) is 0 Å². The van der Waals surface area contributed by atoms with Crippen molar-refractivity contribution in [2.75, 3.05) is 0 Å². The number of hydrogen-bond acceptors (Lipinski definition) is 1. The predicted octanol–water partition coefficient (Wildman–Crippen LogP) is 4.85. The number of hydrogen-bond donors (Lipinski definition) is 0. The standard InChI is InChI=1S/C17H28OSe/c1-3-4-5-6-7-8-10-13-16(2)19(18)17-14-11-9-12-15-17/h9,11-12,14-16H,3-8,10,13H2,1-2H3. The summed E-state index contributed by atoms with van der Waals surface area (Å²) in [6, 6.07) is 10.00. The second-order valence-electron chi connectivity index (χ2n) is 5.33. The van der Waals surface area contributed by atoms with Gasteiger partial charge in [-0.3, -0.25) is 0 Å². The van der Waals surface area contributed by atoms with Crippen molar-refractivity contribution in [2.24, 2.45) is 0 Å². The van der Waals surface area contributed by atoms with Crippen LogP contribution in [-0.4, -0.2) is 13.8 Å². The average Bonchev–Trinajstić information content (AvgIpc) is 2.46. The fourth-order valence-electron chi connectivity index (χ4n) is 2.28. The summed E-state index contributed by atoms with van der Waals surface area (Å²) in [5.74, 6) is 0. The number of rotatable bonds is 10. The third-order valence-electron chi connectivity index (χ3n) is 3.56. The quantitative estimate of drug-likeness (QED) is 0.444. The zero-order valence-corrected chi connectivity index (χ0v) is 14.2. The van der Waals surface area contributed by atoms with E-state index in [0.717, 1.165) is 10.9 Å². The summed E-state index contributed by atoms with van der Waals surface area (Å²) < 4.78 is 13.4. The Hall–Kier alpha value is -0.461. The molecule has 0 aliphatic heterocycles. The van der Waals surface area contributed by atoms with Crippen molar-refractivity contribution in [3.05, 3.63) is 30.3 Å². The van der Waals surface area contributed by atoms with Gasteiger partial charge >= 0.3 is 122 Å². The Bertz CT molecular complexity index is 348. The molecule has 2 heteroatoms. The van der Waals surface area contributed by atoms with Crippen LogP contribution < -0.4 is 4.46 Å². The van der Waals surface area contributed by atoms with Gasteiger partial charge < -0.3 is 0 Å². The molecule has 1 rings (SSSR count). The molecule has 1 aromatic carbocycles. The van der Waals surface area contributed by atoms with Crippen LogP contribution in [0.5, 0.6) is 0 Å².